The van der Waals surface area contributed by atoms with Crippen LogP contribution in [0.3, 0.4) is 0 Å². The highest BCUT2D eigenvalue weighted by molar-refractivity contribution is 5.95. The second kappa shape index (κ2) is 9.76. The van der Waals surface area contributed by atoms with Gasteiger partial charge in [0, 0.05) is 17.4 Å². The third-order valence-corrected chi connectivity index (χ3v) is 14.5. The van der Waals surface area contributed by atoms with Gasteiger partial charge in [0.15, 0.2) is 5.78 Å². The zero-order valence-electron chi connectivity index (χ0n) is 27.1. The van der Waals surface area contributed by atoms with Crippen molar-refractivity contribution in [2.24, 2.45) is 56.0 Å². The molecule has 6 rings (SSSR count). The number of hydrogen-bond acceptors (Lipinski definition) is 4. The smallest absolute Gasteiger partial charge is 0.249 e. The lowest BCUT2D eigenvalue weighted by Gasteiger charge is -2.70. The van der Waals surface area contributed by atoms with Gasteiger partial charge in [-0.2, -0.15) is 0 Å². The van der Waals surface area contributed by atoms with Gasteiger partial charge >= 0.3 is 0 Å². The average Bonchev–Trinajstić information content (AvgIpc) is 2.93. The third-order valence-electron chi connectivity index (χ3n) is 14.5. The summed E-state index contributed by atoms with van der Waals surface area (Å²) in [5.74, 6) is 1.02. The quantitative estimate of drug-likeness (QED) is 0.364. The monoisotopic (exact) mass is 574 g/mol. The van der Waals surface area contributed by atoms with E-state index < -0.39 is 5.41 Å². The molecule has 0 saturated heterocycles. The number of carbonyl (C=O) groups excluding carboxylic acids is 2. The summed E-state index contributed by atoms with van der Waals surface area (Å²) in [6.45, 7) is 16.9. The molecule has 5 nitrogen and oxygen atoms in total. The molecule has 42 heavy (non-hydrogen) atoms. The summed E-state index contributed by atoms with van der Waals surface area (Å²) in [5, 5.41) is 0. The fraction of sp³-hybridized carbons (Fsp3) is 0.730. The Hall–Kier alpha value is -1.98. The SMILES string of the molecule is CC1(C)C2CC[C@]3(C)[C@H](C(=O)C=C4[C@@H]5C[C@@](C)(C(=O)NOCc6ccccc6)CC[C@]5(C)CC[C@]43C)[C@@]2(C)CC[C@@H]1N. The second-order valence-electron chi connectivity index (χ2n) is 16.9. The van der Waals surface area contributed by atoms with Crippen LogP contribution in [0.4, 0.5) is 0 Å². The molecule has 1 aromatic carbocycles. The van der Waals surface area contributed by atoms with E-state index in [4.69, 9.17) is 10.6 Å². The van der Waals surface area contributed by atoms with Crippen molar-refractivity contribution >= 4 is 11.7 Å². The Kier molecular flexibility index (Phi) is 6.99. The molecular weight excluding hydrogens is 520 g/mol. The molecule has 4 saturated carbocycles. The van der Waals surface area contributed by atoms with Gasteiger partial charge in [-0.3, -0.25) is 14.4 Å². The molecule has 5 heteroatoms. The lowest BCUT2D eigenvalue weighted by molar-refractivity contribution is -0.187. The van der Waals surface area contributed by atoms with Crippen LogP contribution in [0.2, 0.25) is 0 Å². The summed E-state index contributed by atoms with van der Waals surface area (Å²) in [6, 6.07) is 10.1. The molecule has 0 spiro atoms. The van der Waals surface area contributed by atoms with Gasteiger partial charge in [-0.25, -0.2) is 5.48 Å². The van der Waals surface area contributed by atoms with Crippen LogP contribution in [0.1, 0.15) is 112 Å². The Morgan fingerprint density at radius 1 is 0.929 bits per heavy atom. The van der Waals surface area contributed by atoms with E-state index in [1.807, 2.05) is 30.3 Å². The highest BCUT2D eigenvalue weighted by Gasteiger charge is 2.70. The van der Waals surface area contributed by atoms with Gasteiger partial charge in [0.2, 0.25) is 5.91 Å². The zero-order chi connectivity index (χ0) is 30.3. The average molecular weight is 575 g/mol. The van der Waals surface area contributed by atoms with Crippen LogP contribution in [0, 0.1) is 50.2 Å². The fourth-order valence-corrected chi connectivity index (χ4v) is 11.3. The van der Waals surface area contributed by atoms with Crippen LogP contribution >= 0.6 is 0 Å². The number of amides is 1. The lowest BCUT2D eigenvalue weighted by Crippen LogP contribution is -2.67. The maximum absolute atomic E-state index is 14.5. The Morgan fingerprint density at radius 3 is 2.33 bits per heavy atom. The minimum atomic E-state index is -0.534. The number of allylic oxidation sites excluding steroid dienone is 2. The van der Waals surface area contributed by atoms with Gasteiger partial charge in [-0.1, -0.05) is 84.4 Å². The van der Waals surface area contributed by atoms with Crippen molar-refractivity contribution in [2.75, 3.05) is 0 Å². The maximum Gasteiger partial charge on any atom is 0.249 e. The largest absolute Gasteiger partial charge is 0.327 e. The van der Waals surface area contributed by atoms with Crippen molar-refractivity contribution in [2.45, 2.75) is 119 Å². The Bertz CT molecular complexity index is 1290. The molecule has 230 valence electrons. The fourth-order valence-electron chi connectivity index (χ4n) is 11.3. The van der Waals surface area contributed by atoms with Gasteiger partial charge in [-0.15, -0.1) is 0 Å². The van der Waals surface area contributed by atoms with Crippen molar-refractivity contribution in [1.29, 1.82) is 0 Å². The molecule has 9 atom stereocenters. The predicted octanol–water partition coefficient (Wildman–Crippen LogP) is 7.54. The van der Waals surface area contributed by atoms with E-state index in [2.05, 4.69) is 60.0 Å². The van der Waals surface area contributed by atoms with E-state index in [9.17, 15) is 9.59 Å². The van der Waals surface area contributed by atoms with Crippen LogP contribution in [0.15, 0.2) is 42.0 Å². The molecular formula is C37H54N2O3. The summed E-state index contributed by atoms with van der Waals surface area (Å²) in [6.07, 6.45) is 11.2. The van der Waals surface area contributed by atoms with E-state index in [-0.39, 0.29) is 50.9 Å². The number of nitrogens with two attached hydrogens (primary N) is 1. The summed E-state index contributed by atoms with van der Waals surface area (Å²) < 4.78 is 0. The molecule has 0 radical (unpaired) electrons. The van der Waals surface area contributed by atoms with Crippen LogP contribution in [-0.4, -0.2) is 17.7 Å². The van der Waals surface area contributed by atoms with Crippen LogP contribution in [0.5, 0.6) is 0 Å². The molecule has 1 aromatic rings. The first kappa shape index (κ1) is 30.1. The maximum atomic E-state index is 14.5. The Balaban J connectivity index is 1.30. The highest BCUT2D eigenvalue weighted by atomic mass is 16.6. The molecule has 0 heterocycles. The van der Waals surface area contributed by atoms with Crippen molar-refractivity contribution in [3.05, 3.63) is 47.5 Å². The van der Waals surface area contributed by atoms with E-state index in [0.29, 0.717) is 18.3 Å². The molecule has 4 fully saturated rings. The number of hydrogen-bond donors (Lipinski definition) is 2. The summed E-state index contributed by atoms with van der Waals surface area (Å²) in [7, 11) is 0. The van der Waals surface area contributed by atoms with Crippen molar-refractivity contribution < 1.29 is 14.4 Å². The number of nitrogens with one attached hydrogen (secondary N) is 1. The lowest BCUT2D eigenvalue weighted by atomic mass is 9.33. The van der Waals surface area contributed by atoms with Crippen LogP contribution in [-0.2, 0) is 21.0 Å². The first-order valence-corrected chi connectivity index (χ1v) is 16.6. The summed E-state index contributed by atoms with van der Waals surface area (Å²) in [4.78, 5) is 33.9. The van der Waals surface area contributed by atoms with Crippen LogP contribution < -0.4 is 11.2 Å². The minimum Gasteiger partial charge on any atom is -0.327 e. The van der Waals surface area contributed by atoms with Gasteiger partial charge in [-0.05, 0) is 108 Å². The number of ketones is 1. The number of carbonyl (C=O) groups is 2. The topological polar surface area (TPSA) is 81.4 Å². The molecule has 1 unspecified atom stereocenters. The Labute approximate surface area is 253 Å². The Morgan fingerprint density at radius 2 is 1.62 bits per heavy atom. The van der Waals surface area contributed by atoms with Crippen LogP contribution in [0.25, 0.3) is 0 Å². The summed E-state index contributed by atoms with van der Waals surface area (Å²) >= 11 is 0. The van der Waals surface area contributed by atoms with Crippen molar-refractivity contribution in [1.82, 2.24) is 5.48 Å². The van der Waals surface area contributed by atoms with Crippen molar-refractivity contribution in [3.63, 3.8) is 0 Å². The summed E-state index contributed by atoms with van der Waals surface area (Å²) in [5.41, 5.74) is 11.3. The molecule has 0 aliphatic heterocycles. The first-order chi connectivity index (χ1) is 19.6. The minimum absolute atomic E-state index is 0.0262. The van der Waals surface area contributed by atoms with Gasteiger partial charge in [0.25, 0.3) is 0 Å². The highest BCUT2D eigenvalue weighted by Crippen LogP contribution is 2.75. The number of fused-ring (bicyclic) bond motifs is 7. The van der Waals surface area contributed by atoms with Gasteiger partial charge in [0.1, 0.15) is 0 Å². The molecule has 0 bridgehead atoms. The third kappa shape index (κ3) is 4.15. The zero-order valence-corrected chi connectivity index (χ0v) is 27.1. The van der Waals surface area contributed by atoms with Gasteiger partial charge < -0.3 is 5.73 Å². The van der Waals surface area contributed by atoms with Gasteiger partial charge in [0.05, 0.1) is 6.61 Å². The number of hydroxylamine groups is 1. The molecule has 5 aliphatic carbocycles. The molecule has 0 aromatic heterocycles. The van der Waals surface area contributed by atoms with E-state index in [1.165, 1.54) is 5.57 Å². The molecule has 1 amide bonds. The predicted molar refractivity (Wildman–Crippen MR) is 167 cm³/mol. The standard InChI is InChI=1S/C37H54N2O3/c1-32(2)28-13-16-37(7)30(35(28,5)15-14-29(32)38)27(40)21-25-26-22-34(4,18-17-33(26,3)19-20-36(25,37)6)31(41)39-42-23-24-11-9-8-10-12-24/h8-12,21,26,28-30H,13-20,22-23,38H2,1-7H3,(H,39,41)/t26-,28?,29-,30+,33+,34-,35-,36+,37+/m0/s1. The normalized spacial score (nSPS) is 45.9. The first-order valence-electron chi connectivity index (χ1n) is 16.6. The second-order valence-corrected chi connectivity index (χ2v) is 16.9. The van der Waals surface area contributed by atoms with E-state index >= 15 is 0 Å². The van der Waals surface area contributed by atoms with E-state index in [1.54, 1.807) is 0 Å². The number of rotatable bonds is 4. The van der Waals surface area contributed by atoms with Crippen molar-refractivity contribution in [3.8, 4) is 0 Å². The molecule has 5 aliphatic rings. The molecule has 3 N–H and O–H groups in total. The van der Waals surface area contributed by atoms with E-state index in [0.717, 1.165) is 63.4 Å². The number of benzene rings is 1.